The van der Waals surface area contributed by atoms with Gasteiger partial charge >= 0.3 is 0 Å². The van der Waals surface area contributed by atoms with Crippen LogP contribution in [0.2, 0.25) is 0 Å². The minimum Gasteiger partial charge on any atom is -0.398 e. The summed E-state index contributed by atoms with van der Waals surface area (Å²) in [5.41, 5.74) is 8.25. The number of aliphatic hydroxyl groups is 2. The van der Waals surface area contributed by atoms with Crippen molar-refractivity contribution in [3.8, 4) is 22.9 Å². The van der Waals surface area contributed by atoms with Gasteiger partial charge in [-0.1, -0.05) is 84.6 Å². The summed E-state index contributed by atoms with van der Waals surface area (Å²) in [7, 11) is -2.68. The highest BCUT2D eigenvalue weighted by molar-refractivity contribution is 6.80. The zero-order chi connectivity index (χ0) is 19.6. The first kappa shape index (κ1) is 19.9. The predicted molar refractivity (Wildman–Crippen MR) is 118 cm³/mol. The lowest BCUT2D eigenvalue weighted by Crippen LogP contribution is -2.33. The molecule has 0 aromatic heterocycles. The Labute approximate surface area is 169 Å². The molecule has 4 heteroatoms. The molecule has 0 aliphatic carbocycles. The number of aliphatic hydroxyl groups excluding tert-OH is 2. The number of hydrogen-bond donors (Lipinski definition) is 2. The molecule has 0 spiro atoms. The van der Waals surface area contributed by atoms with Crippen molar-refractivity contribution >= 4 is 28.0 Å². The number of hydrogen-bond acceptors (Lipinski definition) is 2. The van der Waals surface area contributed by atoms with Gasteiger partial charge in [0.1, 0.15) is 0 Å². The van der Waals surface area contributed by atoms with Gasteiger partial charge in [0.05, 0.1) is 12.5 Å². The van der Waals surface area contributed by atoms with E-state index in [2.05, 4.69) is 22.9 Å². The summed E-state index contributed by atoms with van der Waals surface area (Å²) in [6.45, 7) is 0. The van der Waals surface area contributed by atoms with Crippen molar-refractivity contribution in [1.29, 1.82) is 0 Å². The van der Waals surface area contributed by atoms with Crippen LogP contribution in [-0.2, 0) is 0 Å². The van der Waals surface area contributed by atoms with Gasteiger partial charge in [-0.3, -0.25) is 0 Å². The second-order valence-electron chi connectivity index (χ2n) is 6.05. The Morgan fingerprint density at radius 2 is 0.893 bits per heavy atom. The van der Waals surface area contributed by atoms with Gasteiger partial charge in [0.2, 0.25) is 17.6 Å². The summed E-state index contributed by atoms with van der Waals surface area (Å²) in [6, 6.07) is 27.7. The molecule has 0 amide bonds. The van der Waals surface area contributed by atoms with E-state index >= 15 is 0 Å². The molecule has 0 saturated carbocycles. The van der Waals surface area contributed by atoms with Gasteiger partial charge in [-0.25, -0.2) is 0 Å². The largest absolute Gasteiger partial charge is 0.398 e. The van der Waals surface area contributed by atoms with Crippen LogP contribution in [0.1, 0.15) is 11.1 Å². The fourth-order valence-electron chi connectivity index (χ4n) is 2.67. The van der Waals surface area contributed by atoms with Gasteiger partial charge in [0.15, 0.2) is 0 Å². The molecule has 28 heavy (non-hydrogen) atoms. The van der Waals surface area contributed by atoms with Gasteiger partial charge in [-0.2, -0.15) is 0 Å². The number of benzene rings is 3. The molecule has 0 aliphatic heterocycles. The van der Waals surface area contributed by atoms with Crippen LogP contribution >= 0.6 is 0 Å². The van der Waals surface area contributed by atoms with E-state index in [0.717, 1.165) is 21.5 Å². The molecule has 0 aliphatic rings. The second-order valence-corrected chi connectivity index (χ2v) is 10.3. The first-order valence-electron chi connectivity index (χ1n) is 8.99. The Morgan fingerprint density at radius 3 is 1.25 bits per heavy atom. The average molecular weight is 397 g/mol. The zero-order valence-electron chi connectivity index (χ0n) is 15.4. The topological polar surface area (TPSA) is 40.5 Å². The quantitative estimate of drug-likeness (QED) is 0.516. The lowest BCUT2D eigenvalue weighted by molar-refractivity contribution is 0.365. The normalized spacial score (nSPS) is 10.1. The molecule has 2 radical (unpaired) electrons. The lowest BCUT2D eigenvalue weighted by atomic mass is 10.1. The summed E-state index contributed by atoms with van der Waals surface area (Å²) in [5.74, 6) is 6.45. The predicted octanol–water partition coefficient (Wildman–Crippen LogP) is 1.33. The third-order valence-electron chi connectivity index (χ3n) is 4.18. The van der Waals surface area contributed by atoms with Gasteiger partial charge < -0.3 is 10.2 Å². The Bertz CT molecular complexity index is 928. The molecule has 3 rings (SSSR count). The first-order valence-corrected chi connectivity index (χ1v) is 12.4. The van der Waals surface area contributed by atoms with Crippen molar-refractivity contribution in [2.45, 2.75) is 0 Å². The molecule has 0 heterocycles. The van der Waals surface area contributed by atoms with Gasteiger partial charge in [-0.15, -0.1) is 11.1 Å². The van der Waals surface area contributed by atoms with E-state index in [1.54, 1.807) is 0 Å². The van der Waals surface area contributed by atoms with Crippen molar-refractivity contribution in [3.05, 3.63) is 96.1 Å². The van der Waals surface area contributed by atoms with Crippen LogP contribution in [-0.4, -0.2) is 40.3 Å². The van der Waals surface area contributed by atoms with Crippen LogP contribution in [0, 0.1) is 22.9 Å². The smallest absolute Gasteiger partial charge is 0.206 e. The SMILES string of the molecule is OC[Si](C#Cc1ccccc1C#C[Si](CO)c1ccccc1)c1ccccc1. The molecule has 3 aromatic rings. The maximum atomic E-state index is 9.75. The Morgan fingerprint density at radius 1 is 0.536 bits per heavy atom. The Balaban J connectivity index is 1.87. The Kier molecular flexibility index (Phi) is 7.43. The third-order valence-corrected chi connectivity index (χ3v) is 7.73. The van der Waals surface area contributed by atoms with Crippen LogP contribution in [0.25, 0.3) is 0 Å². The minimum absolute atomic E-state index is 0.0706. The summed E-state index contributed by atoms with van der Waals surface area (Å²) in [5, 5.41) is 21.7. The average Bonchev–Trinajstić information content (AvgIpc) is 2.77. The molecule has 0 saturated heterocycles. The van der Waals surface area contributed by atoms with Gasteiger partial charge in [-0.05, 0) is 22.5 Å². The Hall–Kier alpha value is -2.87. The van der Waals surface area contributed by atoms with E-state index in [1.165, 1.54) is 0 Å². The van der Waals surface area contributed by atoms with E-state index < -0.39 is 17.6 Å². The lowest BCUT2D eigenvalue weighted by Gasteiger charge is -2.05. The van der Waals surface area contributed by atoms with Crippen LogP contribution in [0.3, 0.4) is 0 Å². The van der Waals surface area contributed by atoms with E-state index in [1.807, 2.05) is 84.9 Å². The summed E-state index contributed by atoms with van der Waals surface area (Å²) >= 11 is 0. The highest BCUT2D eigenvalue weighted by Gasteiger charge is 2.11. The molecule has 0 atom stereocenters. The monoisotopic (exact) mass is 396 g/mol. The van der Waals surface area contributed by atoms with Crippen molar-refractivity contribution in [2.24, 2.45) is 0 Å². The summed E-state index contributed by atoms with van der Waals surface area (Å²) in [4.78, 5) is 0. The maximum Gasteiger partial charge on any atom is 0.206 e. The molecular formula is C24H20O2Si2. The van der Waals surface area contributed by atoms with Crippen LogP contribution in [0.5, 0.6) is 0 Å². The summed E-state index contributed by atoms with van der Waals surface area (Å²) in [6.07, 6.45) is 0.141. The molecular weight excluding hydrogens is 376 g/mol. The van der Waals surface area contributed by atoms with E-state index in [-0.39, 0.29) is 12.5 Å². The molecule has 3 aromatic carbocycles. The zero-order valence-corrected chi connectivity index (χ0v) is 17.4. The maximum absolute atomic E-state index is 9.75. The van der Waals surface area contributed by atoms with Crippen LogP contribution in [0.15, 0.2) is 84.9 Å². The highest BCUT2D eigenvalue weighted by atomic mass is 28.3. The van der Waals surface area contributed by atoms with Crippen molar-refractivity contribution in [3.63, 3.8) is 0 Å². The van der Waals surface area contributed by atoms with E-state index in [0.29, 0.717) is 0 Å². The molecule has 0 unspecified atom stereocenters. The van der Waals surface area contributed by atoms with Crippen molar-refractivity contribution in [1.82, 2.24) is 0 Å². The molecule has 2 nitrogen and oxygen atoms in total. The van der Waals surface area contributed by atoms with E-state index in [4.69, 9.17) is 0 Å². The molecule has 136 valence electrons. The fraction of sp³-hybridized carbons (Fsp3) is 0.0833. The van der Waals surface area contributed by atoms with Crippen LogP contribution in [0.4, 0.5) is 0 Å². The third kappa shape index (κ3) is 5.32. The second kappa shape index (κ2) is 10.5. The van der Waals surface area contributed by atoms with Crippen molar-refractivity contribution < 1.29 is 10.2 Å². The summed E-state index contributed by atoms with van der Waals surface area (Å²) < 4.78 is 0. The standard InChI is InChI=1S/C24H20O2Si2/c25-19-27(23-11-3-1-4-12-23)17-15-21-9-7-8-10-22(21)16-18-28(20-26)24-13-5-2-6-14-24/h1-14,25-26H,19-20H2. The van der Waals surface area contributed by atoms with Crippen LogP contribution < -0.4 is 10.4 Å². The molecule has 0 fully saturated rings. The van der Waals surface area contributed by atoms with Crippen molar-refractivity contribution in [2.75, 3.05) is 12.5 Å². The van der Waals surface area contributed by atoms with E-state index in [9.17, 15) is 10.2 Å². The molecule has 0 bridgehead atoms. The number of rotatable bonds is 4. The highest BCUT2D eigenvalue weighted by Crippen LogP contribution is 2.06. The van der Waals surface area contributed by atoms with Gasteiger partial charge in [0, 0.05) is 11.1 Å². The first-order chi connectivity index (χ1) is 13.8. The minimum atomic E-state index is -1.34. The van der Waals surface area contributed by atoms with Gasteiger partial charge in [0.25, 0.3) is 0 Å². The fourth-order valence-corrected chi connectivity index (χ4v) is 5.24. The molecule has 2 N–H and O–H groups in total.